The molecule has 4 nitrogen and oxygen atoms in total. The van der Waals surface area contributed by atoms with Crippen molar-refractivity contribution in [1.29, 1.82) is 0 Å². The molecule has 22 heavy (non-hydrogen) atoms. The van der Waals surface area contributed by atoms with Gasteiger partial charge in [0.25, 0.3) is 5.91 Å². The van der Waals surface area contributed by atoms with Crippen molar-refractivity contribution in [1.82, 2.24) is 0 Å². The van der Waals surface area contributed by atoms with Gasteiger partial charge in [-0.2, -0.15) is 0 Å². The fourth-order valence-electron chi connectivity index (χ4n) is 1.76. The van der Waals surface area contributed by atoms with Crippen molar-refractivity contribution < 1.29 is 14.3 Å². The monoisotopic (exact) mass is 301 g/mol. The van der Waals surface area contributed by atoms with Crippen molar-refractivity contribution in [2.75, 3.05) is 11.9 Å². The summed E-state index contributed by atoms with van der Waals surface area (Å²) >= 11 is 0. The standard InChI is InChI=1S/C18H23NO3/c1-4-6-7-8-18(21)22-13-17(20)19-16-11-9-15(10-12-16)14(3)5-2/h4,6-12,14H,5,13H2,1-3H3,(H,19,20)/b6-4+,8-7+/t14-/m1/s1. The maximum absolute atomic E-state index is 11.7. The number of anilines is 1. The van der Waals surface area contributed by atoms with E-state index < -0.39 is 5.97 Å². The third-order valence-corrected chi connectivity index (χ3v) is 3.26. The van der Waals surface area contributed by atoms with Gasteiger partial charge in [-0.05, 0) is 37.0 Å². The van der Waals surface area contributed by atoms with E-state index in [9.17, 15) is 9.59 Å². The van der Waals surface area contributed by atoms with Gasteiger partial charge in [0, 0.05) is 11.8 Å². The number of carbonyl (C=O) groups is 2. The lowest BCUT2D eigenvalue weighted by molar-refractivity contribution is -0.142. The minimum absolute atomic E-state index is 0.299. The van der Waals surface area contributed by atoms with Crippen LogP contribution < -0.4 is 5.32 Å². The minimum atomic E-state index is -0.541. The molecular weight excluding hydrogens is 278 g/mol. The highest BCUT2D eigenvalue weighted by molar-refractivity contribution is 5.93. The van der Waals surface area contributed by atoms with Gasteiger partial charge in [-0.3, -0.25) is 4.79 Å². The van der Waals surface area contributed by atoms with Crippen molar-refractivity contribution in [2.45, 2.75) is 33.1 Å². The molecule has 1 atom stereocenters. The second kappa shape index (κ2) is 9.55. The fraction of sp³-hybridized carbons (Fsp3) is 0.333. The van der Waals surface area contributed by atoms with Crippen LogP contribution in [0.1, 0.15) is 38.7 Å². The Morgan fingerprint density at radius 1 is 1.23 bits per heavy atom. The summed E-state index contributed by atoms with van der Waals surface area (Å²) in [6.07, 6.45) is 7.41. The first-order chi connectivity index (χ1) is 10.6. The van der Waals surface area contributed by atoms with Gasteiger partial charge in [-0.25, -0.2) is 4.79 Å². The lowest BCUT2D eigenvalue weighted by Gasteiger charge is -2.10. The molecule has 0 aromatic heterocycles. The summed E-state index contributed by atoms with van der Waals surface area (Å²) in [6.45, 7) is 5.84. The van der Waals surface area contributed by atoms with Gasteiger partial charge in [-0.1, -0.05) is 44.2 Å². The predicted octanol–water partition coefficient (Wildman–Crippen LogP) is 3.81. The summed E-state index contributed by atoms with van der Waals surface area (Å²) in [5.74, 6) is -0.404. The van der Waals surface area contributed by atoms with Crippen LogP contribution in [0.5, 0.6) is 0 Å². The maximum atomic E-state index is 11.7. The molecule has 0 heterocycles. The summed E-state index contributed by atoms with van der Waals surface area (Å²) in [6, 6.07) is 7.70. The molecule has 1 amide bonds. The van der Waals surface area contributed by atoms with Crippen LogP contribution in [0.15, 0.2) is 48.6 Å². The summed E-state index contributed by atoms with van der Waals surface area (Å²) in [7, 11) is 0. The number of hydrogen-bond donors (Lipinski definition) is 1. The molecule has 0 aliphatic carbocycles. The Hall–Kier alpha value is -2.36. The van der Waals surface area contributed by atoms with Gasteiger partial charge in [0.1, 0.15) is 0 Å². The van der Waals surface area contributed by atoms with Crippen LogP contribution in [0.2, 0.25) is 0 Å². The lowest BCUT2D eigenvalue weighted by Crippen LogP contribution is -2.20. The third-order valence-electron chi connectivity index (χ3n) is 3.26. The Labute approximate surface area is 131 Å². The quantitative estimate of drug-likeness (QED) is 0.473. The number of ether oxygens (including phenoxy) is 1. The molecule has 0 bridgehead atoms. The van der Waals surface area contributed by atoms with Gasteiger partial charge in [0.05, 0.1) is 0 Å². The molecule has 0 radical (unpaired) electrons. The summed E-state index contributed by atoms with van der Waals surface area (Å²) < 4.78 is 4.83. The van der Waals surface area contributed by atoms with Gasteiger partial charge >= 0.3 is 5.97 Å². The molecule has 4 heteroatoms. The Kier molecular flexibility index (Phi) is 7.68. The normalized spacial score (nSPS) is 12.5. The zero-order valence-corrected chi connectivity index (χ0v) is 13.3. The zero-order valence-electron chi connectivity index (χ0n) is 13.3. The molecule has 0 saturated heterocycles. The molecule has 0 saturated carbocycles. The molecule has 118 valence electrons. The molecule has 0 aliphatic heterocycles. The number of carbonyl (C=O) groups excluding carboxylic acids is 2. The molecule has 0 unspecified atom stereocenters. The van der Waals surface area contributed by atoms with Crippen LogP contribution in [0.3, 0.4) is 0 Å². The Bertz CT molecular complexity index is 544. The molecule has 1 aromatic carbocycles. The lowest BCUT2D eigenvalue weighted by atomic mass is 9.99. The maximum Gasteiger partial charge on any atom is 0.331 e. The first-order valence-corrected chi connectivity index (χ1v) is 7.42. The molecule has 1 rings (SSSR count). The topological polar surface area (TPSA) is 55.4 Å². The van der Waals surface area contributed by atoms with Gasteiger partial charge in [0.15, 0.2) is 6.61 Å². The van der Waals surface area contributed by atoms with Gasteiger partial charge in [-0.15, -0.1) is 0 Å². The molecule has 0 spiro atoms. The van der Waals surface area contributed by atoms with Crippen molar-refractivity contribution in [3.63, 3.8) is 0 Å². The predicted molar refractivity (Wildman–Crippen MR) is 88.7 cm³/mol. The first-order valence-electron chi connectivity index (χ1n) is 7.42. The molecular formula is C18H23NO3. The number of benzene rings is 1. The van der Waals surface area contributed by atoms with E-state index in [0.717, 1.165) is 6.42 Å². The summed E-state index contributed by atoms with van der Waals surface area (Å²) in [5, 5.41) is 2.69. The zero-order chi connectivity index (χ0) is 16.4. The number of allylic oxidation sites excluding steroid dienone is 3. The van der Waals surface area contributed by atoms with Gasteiger partial charge in [0.2, 0.25) is 0 Å². The first kappa shape index (κ1) is 17.7. The van der Waals surface area contributed by atoms with E-state index in [1.807, 2.05) is 31.2 Å². The second-order valence-electron chi connectivity index (χ2n) is 4.97. The Morgan fingerprint density at radius 2 is 1.91 bits per heavy atom. The number of amides is 1. The number of esters is 1. The van der Waals surface area contributed by atoms with E-state index >= 15 is 0 Å². The smallest absolute Gasteiger partial charge is 0.331 e. The molecule has 1 N–H and O–H groups in total. The van der Waals surface area contributed by atoms with Crippen molar-refractivity contribution in [3.8, 4) is 0 Å². The minimum Gasteiger partial charge on any atom is -0.452 e. The van der Waals surface area contributed by atoms with Crippen LogP contribution in [-0.4, -0.2) is 18.5 Å². The van der Waals surface area contributed by atoms with Crippen LogP contribution in [-0.2, 0) is 14.3 Å². The van der Waals surface area contributed by atoms with Crippen LogP contribution in [0.4, 0.5) is 5.69 Å². The van der Waals surface area contributed by atoms with Crippen molar-refractivity contribution >= 4 is 17.6 Å². The van der Waals surface area contributed by atoms with Crippen LogP contribution >= 0.6 is 0 Å². The number of hydrogen-bond acceptors (Lipinski definition) is 3. The van der Waals surface area contributed by atoms with E-state index in [0.29, 0.717) is 11.6 Å². The van der Waals surface area contributed by atoms with Crippen LogP contribution in [0.25, 0.3) is 0 Å². The fourth-order valence-corrected chi connectivity index (χ4v) is 1.76. The van der Waals surface area contributed by atoms with Crippen molar-refractivity contribution in [2.24, 2.45) is 0 Å². The van der Waals surface area contributed by atoms with E-state index in [1.54, 1.807) is 18.2 Å². The molecule has 0 fully saturated rings. The largest absolute Gasteiger partial charge is 0.452 e. The van der Waals surface area contributed by atoms with Gasteiger partial charge < -0.3 is 10.1 Å². The van der Waals surface area contributed by atoms with E-state index in [4.69, 9.17) is 4.74 Å². The summed E-state index contributed by atoms with van der Waals surface area (Å²) in [4.78, 5) is 23.0. The van der Waals surface area contributed by atoms with E-state index in [2.05, 4.69) is 19.2 Å². The van der Waals surface area contributed by atoms with Crippen molar-refractivity contribution in [3.05, 3.63) is 54.1 Å². The third kappa shape index (κ3) is 6.39. The highest BCUT2D eigenvalue weighted by Crippen LogP contribution is 2.20. The summed E-state index contributed by atoms with van der Waals surface area (Å²) in [5.41, 5.74) is 1.93. The van der Waals surface area contributed by atoms with Crippen LogP contribution in [0, 0.1) is 0 Å². The average Bonchev–Trinajstić information content (AvgIpc) is 2.53. The Morgan fingerprint density at radius 3 is 2.50 bits per heavy atom. The second-order valence-corrected chi connectivity index (χ2v) is 4.97. The van der Waals surface area contributed by atoms with E-state index in [-0.39, 0.29) is 12.5 Å². The SMILES string of the molecule is C/C=C/C=C/C(=O)OCC(=O)Nc1ccc([C@H](C)CC)cc1. The Balaban J connectivity index is 2.43. The average molecular weight is 301 g/mol. The highest BCUT2D eigenvalue weighted by Gasteiger charge is 2.07. The molecule has 1 aromatic rings. The number of nitrogens with one attached hydrogen (secondary N) is 1. The highest BCUT2D eigenvalue weighted by atomic mass is 16.5. The number of rotatable bonds is 7. The van der Waals surface area contributed by atoms with E-state index in [1.165, 1.54) is 11.6 Å². The molecule has 0 aliphatic rings.